The number of carbonyl (C=O) groups is 3. The molecule has 28 nitrogen and oxygen atoms in total. The number of fused-ring (bicyclic) bond motifs is 3. The van der Waals surface area contributed by atoms with Gasteiger partial charge in [0.1, 0.15) is 61.0 Å². The Morgan fingerprint density at radius 3 is 1.09 bits per heavy atom. The molecule has 127 heavy (non-hydrogen) atoms. The highest BCUT2D eigenvalue weighted by Crippen LogP contribution is 2.40. The van der Waals surface area contributed by atoms with Gasteiger partial charge in [-0.1, -0.05) is 49.6 Å². The molecule has 6 fully saturated rings. The fraction of sp³-hybridized carbons (Fsp3) is 0.548. The van der Waals surface area contributed by atoms with Crippen molar-refractivity contribution in [3.05, 3.63) is 192 Å². The predicted molar refractivity (Wildman–Crippen MR) is 476 cm³/mol. The molecule has 1 N–H and O–H groups in total. The van der Waals surface area contributed by atoms with Gasteiger partial charge in [-0.05, 0) is 192 Å². The molecule has 9 aliphatic heterocycles. The van der Waals surface area contributed by atoms with E-state index in [0.29, 0.717) is 114 Å². The van der Waals surface area contributed by atoms with Gasteiger partial charge in [-0.15, -0.1) is 0 Å². The lowest BCUT2D eigenvalue weighted by Gasteiger charge is -2.41. The molecule has 34 heteroatoms. The Bertz CT molecular complexity index is 5170. The number of anilines is 6. The van der Waals surface area contributed by atoms with Gasteiger partial charge in [-0.3, -0.25) is 14.4 Å². The number of halogens is 6. The lowest BCUT2D eigenvalue weighted by atomic mass is 10.0. The molecule has 3 aromatic carbocycles. The van der Waals surface area contributed by atoms with E-state index in [1.165, 1.54) is 50.4 Å². The Hall–Kier alpha value is -11.4. The van der Waals surface area contributed by atoms with Crippen LogP contribution in [0.1, 0.15) is 106 Å². The zero-order valence-electron chi connectivity index (χ0n) is 74.3. The normalized spacial score (nSPS) is 21.1. The van der Waals surface area contributed by atoms with E-state index in [1.54, 1.807) is 4.90 Å². The third-order valence-corrected chi connectivity index (χ3v) is 26.6. The van der Waals surface area contributed by atoms with Crippen molar-refractivity contribution in [2.75, 3.05) is 195 Å². The Labute approximate surface area is 740 Å². The topological polar surface area (TPSA) is 228 Å². The number of amides is 3. The van der Waals surface area contributed by atoms with Crippen molar-refractivity contribution in [2.45, 2.75) is 168 Å². The molecule has 6 aromatic rings. The summed E-state index contributed by atoms with van der Waals surface area (Å²) < 4.78 is 96.7. The summed E-state index contributed by atoms with van der Waals surface area (Å²) in [6, 6.07) is 19.2. The summed E-state index contributed by atoms with van der Waals surface area (Å²) in [6.07, 6.45) is -0.181. The molecular weight excluding hydrogens is 1640 g/mol. The van der Waals surface area contributed by atoms with Crippen LogP contribution < -0.4 is 43.6 Å². The minimum atomic E-state index is -4.83. The van der Waals surface area contributed by atoms with Gasteiger partial charge in [-0.25, -0.2) is 19.7 Å². The van der Waals surface area contributed by atoms with E-state index in [2.05, 4.69) is 179 Å². The zero-order chi connectivity index (χ0) is 90.7. The smallest absolute Gasteiger partial charge is 0.421 e. The average Bonchev–Trinajstić information content (AvgIpc) is 1.04. The van der Waals surface area contributed by atoms with Gasteiger partial charge in [0.25, 0.3) is 11.8 Å². The summed E-state index contributed by atoms with van der Waals surface area (Å²) in [5, 5.41) is 9.47. The van der Waals surface area contributed by atoms with Crippen LogP contribution in [0.2, 0.25) is 0 Å². The van der Waals surface area contributed by atoms with E-state index < -0.39 is 48.4 Å². The number of hydrogen-bond donors (Lipinski definition) is 1. The fourth-order valence-corrected chi connectivity index (χ4v) is 18.7. The van der Waals surface area contributed by atoms with Crippen molar-refractivity contribution in [2.24, 2.45) is 0 Å². The van der Waals surface area contributed by atoms with Crippen molar-refractivity contribution >= 4 is 52.2 Å². The number of nitrogens with zero attached hydrogens (tertiary/aromatic N) is 21. The predicted octanol–water partition coefficient (Wildman–Crippen LogP) is 11.0. The molecule has 0 unspecified atom stereocenters. The van der Waals surface area contributed by atoms with Crippen molar-refractivity contribution in [3.63, 3.8) is 0 Å². The van der Waals surface area contributed by atoms with Gasteiger partial charge >= 0.3 is 30.4 Å². The first kappa shape index (κ1) is 93.3. The van der Waals surface area contributed by atoms with Crippen LogP contribution in [0.3, 0.4) is 0 Å². The molecule has 678 valence electrons. The number of benzene rings is 3. The number of rotatable bonds is 22. The number of allylic oxidation sites excluding steroid dienone is 1. The number of aliphatic hydroxyl groups is 1. The van der Waals surface area contributed by atoms with Crippen LogP contribution in [-0.2, 0) is 53.3 Å². The standard InChI is InChI=1S/2C31H38F3N7O2.C31H41N7O3/c1-20-8-6-10-27(21(20)2)39-13-11-25-26(18-39)36-30(43-19-23-9-7-12-38(23)5)37-28(25)40-14-15-41(24(17-40)16-35-4)29(42)22(3)31(32,33)34;1-21-7-5-9-27(22(21)2)39-14-11-25-26(19-39)36-30(43-20-23-8-6-13-38(23)4)37-29(25)40-15-16-41(24(18-40)17-35-3)28(42)10-12-31(32,33)34;1-21-8-6-10-28(23(21)3)36-13-11-26-27(18-36)33-31(41-20-24-9-7-12-35(24)5)34-29(26)37-14-15-38(25(17-37)16-32-4)30(40)22(2)19-39/h6,8,10,23-24H,3,7,9,11-19H2,1-2,5H3;5,7,9-10,12,23-24H,6,8,11,13-20H2,1-2,4H3;6,8,10,24-25,39H,2,7,9,11-20H2,1,3,5H3/b;12-10+;/t2*23-,24-;24-,25-/m000/s1. The number of aliphatic hydroxyl groups excluding tert-OH is 1. The van der Waals surface area contributed by atoms with E-state index in [1.807, 2.05) is 9.80 Å². The van der Waals surface area contributed by atoms with Crippen molar-refractivity contribution in [1.82, 2.24) is 59.3 Å². The number of hydrogen-bond acceptors (Lipinski definition) is 22. The number of piperazine rings is 3. The van der Waals surface area contributed by atoms with E-state index in [-0.39, 0.29) is 94.1 Å². The highest BCUT2D eigenvalue weighted by molar-refractivity contribution is 5.95. The molecule has 0 spiro atoms. The van der Waals surface area contributed by atoms with Gasteiger partial charge < -0.3 is 92.7 Å². The molecule has 6 saturated heterocycles. The Morgan fingerprint density at radius 2 is 0.787 bits per heavy atom. The summed E-state index contributed by atoms with van der Waals surface area (Å²) in [4.78, 5) is 102. The van der Waals surface area contributed by atoms with Gasteiger partial charge in [0, 0.05) is 148 Å². The van der Waals surface area contributed by atoms with Crippen molar-refractivity contribution in [3.8, 4) is 18.0 Å². The van der Waals surface area contributed by atoms with E-state index in [9.17, 15) is 45.8 Å². The first-order valence-corrected chi connectivity index (χ1v) is 43.9. The minimum Gasteiger partial charge on any atom is -0.462 e. The van der Waals surface area contributed by atoms with Gasteiger partial charge in [0.15, 0.2) is 0 Å². The third-order valence-electron chi connectivity index (χ3n) is 26.6. The summed E-state index contributed by atoms with van der Waals surface area (Å²) >= 11 is 0. The molecule has 6 atom stereocenters. The maximum atomic E-state index is 13.3. The Morgan fingerprint density at radius 1 is 0.457 bits per heavy atom. The number of likely N-dealkylation sites (tertiary alicyclic amines) is 3. The molecule has 0 saturated carbocycles. The summed E-state index contributed by atoms with van der Waals surface area (Å²) in [7, 11) is 6.30. The van der Waals surface area contributed by atoms with Crippen LogP contribution in [-0.4, -0.2) is 296 Å². The van der Waals surface area contributed by atoms with E-state index >= 15 is 0 Å². The van der Waals surface area contributed by atoms with Crippen LogP contribution in [0, 0.1) is 61.3 Å². The molecule has 9 aliphatic rings. The molecule has 0 radical (unpaired) electrons. The zero-order valence-corrected chi connectivity index (χ0v) is 74.3. The first-order chi connectivity index (χ1) is 60.8. The highest BCUT2D eigenvalue weighted by Gasteiger charge is 2.45. The molecule has 0 aliphatic carbocycles. The lowest BCUT2D eigenvalue weighted by Crippen LogP contribution is -2.57. The number of ether oxygens (including phenoxy) is 3. The fourth-order valence-electron chi connectivity index (χ4n) is 18.7. The van der Waals surface area contributed by atoms with Crippen LogP contribution in [0.15, 0.2) is 91.1 Å². The molecule has 15 rings (SSSR count). The molecule has 0 bridgehead atoms. The summed E-state index contributed by atoms with van der Waals surface area (Å²) in [6.45, 7) is 53.0. The quantitative estimate of drug-likeness (QED) is 0.0378. The largest absolute Gasteiger partial charge is 0.462 e. The van der Waals surface area contributed by atoms with E-state index in [4.69, 9.17) is 63.8 Å². The summed E-state index contributed by atoms with van der Waals surface area (Å²) in [5.41, 5.74) is 15.4. The third kappa shape index (κ3) is 22.1. The van der Waals surface area contributed by atoms with Crippen molar-refractivity contribution < 1.29 is 60.0 Å². The molecule has 12 heterocycles. The van der Waals surface area contributed by atoms with Crippen LogP contribution in [0.5, 0.6) is 18.0 Å². The highest BCUT2D eigenvalue weighted by atomic mass is 19.4. The number of aryl methyl sites for hydroxylation is 3. The SMILES string of the molecule is [C-]#[N+]C[C@H]1CN(c2nc(OC[C@@H]3CCCN3C)nc3c2CCN(c2cccc(C)c2C)C3)CCN1C(=O)/C=C/C(F)(F)F.[C-]#[N+]C[C@H]1CN(c2nc(OC[C@@H]3CCCN3C)nc3c2CCN(c2cccc(C)c2C)C3)CCN1C(=O)C(=C)C(F)(F)F.[C-]#[N+]C[C@H]1CN(c2nc(OC[C@@H]3CCCN3C)nc3c2CCN(c2cccc(C)c2C)C3)CCN1C(=O)C(=C)CO. The maximum Gasteiger partial charge on any atom is 0.421 e. The minimum absolute atomic E-state index is 0.0184. The second-order valence-electron chi connectivity index (χ2n) is 34.7. The number of carbonyl (C=O) groups excluding carboxylic acids is 3. The van der Waals surface area contributed by atoms with Crippen LogP contribution in [0.4, 0.5) is 60.9 Å². The van der Waals surface area contributed by atoms with E-state index in [0.717, 1.165) is 134 Å². The second-order valence-corrected chi connectivity index (χ2v) is 34.7. The first-order valence-electron chi connectivity index (χ1n) is 43.9. The Kier molecular flexibility index (Phi) is 30.2. The maximum absolute atomic E-state index is 13.3. The van der Waals surface area contributed by atoms with Crippen molar-refractivity contribution in [1.29, 1.82) is 0 Å². The van der Waals surface area contributed by atoms with Gasteiger partial charge in [0.05, 0.1) is 43.3 Å². The molecule has 3 amide bonds. The average molecular weight is 1760 g/mol. The number of likely N-dealkylation sites (N-methyl/N-ethyl adjacent to an activating group) is 3. The molecule has 3 aromatic heterocycles. The van der Waals surface area contributed by atoms with Crippen LogP contribution in [0.25, 0.3) is 14.5 Å². The summed E-state index contributed by atoms with van der Waals surface area (Å²) in [5.74, 6) is 0.00173. The number of aromatic nitrogens is 6. The number of alkyl halides is 6. The van der Waals surface area contributed by atoms with Crippen LogP contribution >= 0.6 is 0 Å². The van der Waals surface area contributed by atoms with Gasteiger partial charge in [-0.2, -0.15) is 56.2 Å². The second kappa shape index (κ2) is 41.2. The monoisotopic (exact) mass is 1750 g/mol. The lowest BCUT2D eigenvalue weighted by molar-refractivity contribution is -0.141. The Balaban J connectivity index is 0.000000163. The van der Waals surface area contributed by atoms with Gasteiger partial charge in [0.2, 0.25) is 25.5 Å². The molecular formula is C93H117F6N21O7.